The fourth-order valence-electron chi connectivity index (χ4n) is 2.54. The molecule has 0 N–H and O–H groups in total. The van der Waals surface area contributed by atoms with Crippen molar-refractivity contribution in [1.82, 2.24) is 0 Å². The SMILES string of the molecule is CCc1c(SCc2ccc(OC)cc2)cc(OC)c(OC)c1OC. The van der Waals surface area contributed by atoms with Gasteiger partial charge in [0.1, 0.15) is 5.75 Å². The van der Waals surface area contributed by atoms with Gasteiger partial charge in [0.2, 0.25) is 5.75 Å². The first-order valence-electron chi connectivity index (χ1n) is 7.76. The minimum Gasteiger partial charge on any atom is -0.497 e. The molecular weight excluding hydrogens is 324 g/mol. The molecular formula is C19H24O4S. The first kappa shape index (κ1) is 18.3. The van der Waals surface area contributed by atoms with E-state index >= 15 is 0 Å². The summed E-state index contributed by atoms with van der Waals surface area (Å²) in [7, 11) is 6.60. The molecule has 0 amide bonds. The molecule has 2 rings (SSSR count). The van der Waals surface area contributed by atoms with Crippen molar-refractivity contribution in [2.24, 2.45) is 0 Å². The number of thioether (sulfide) groups is 1. The summed E-state index contributed by atoms with van der Waals surface area (Å²) in [6, 6.07) is 10.1. The highest BCUT2D eigenvalue weighted by Gasteiger charge is 2.19. The molecule has 0 radical (unpaired) electrons. The lowest BCUT2D eigenvalue weighted by Crippen LogP contribution is -2.00. The van der Waals surface area contributed by atoms with Crippen LogP contribution in [0.5, 0.6) is 23.0 Å². The summed E-state index contributed by atoms with van der Waals surface area (Å²) in [5, 5.41) is 0. The van der Waals surface area contributed by atoms with Crippen LogP contribution in [0.25, 0.3) is 0 Å². The first-order valence-corrected chi connectivity index (χ1v) is 8.74. The molecule has 0 aliphatic heterocycles. The highest BCUT2D eigenvalue weighted by Crippen LogP contribution is 2.45. The summed E-state index contributed by atoms with van der Waals surface area (Å²) in [4.78, 5) is 1.14. The van der Waals surface area contributed by atoms with Crippen LogP contribution in [0.3, 0.4) is 0 Å². The van der Waals surface area contributed by atoms with Crippen molar-refractivity contribution >= 4 is 11.8 Å². The van der Waals surface area contributed by atoms with E-state index in [0.717, 1.165) is 34.1 Å². The second-order valence-electron chi connectivity index (χ2n) is 5.11. The standard InChI is InChI=1S/C19H24O4S/c1-6-15-17(11-16(21-3)19(23-5)18(15)22-4)24-12-13-7-9-14(20-2)10-8-13/h7-11H,6,12H2,1-5H3. The van der Waals surface area contributed by atoms with Gasteiger partial charge in [-0.05, 0) is 30.2 Å². The van der Waals surface area contributed by atoms with Crippen molar-refractivity contribution < 1.29 is 18.9 Å². The van der Waals surface area contributed by atoms with Crippen molar-refractivity contribution in [2.45, 2.75) is 24.0 Å². The minimum atomic E-state index is 0.644. The van der Waals surface area contributed by atoms with Gasteiger partial charge in [-0.2, -0.15) is 0 Å². The summed E-state index contributed by atoms with van der Waals surface area (Å²) in [5.41, 5.74) is 2.37. The summed E-state index contributed by atoms with van der Waals surface area (Å²) < 4.78 is 21.7. The van der Waals surface area contributed by atoms with Gasteiger partial charge >= 0.3 is 0 Å². The average Bonchev–Trinajstić information content (AvgIpc) is 2.64. The van der Waals surface area contributed by atoms with Gasteiger partial charge in [-0.1, -0.05) is 19.1 Å². The Labute approximate surface area is 148 Å². The molecule has 0 aliphatic rings. The molecule has 0 unspecified atom stereocenters. The zero-order valence-corrected chi connectivity index (χ0v) is 15.7. The van der Waals surface area contributed by atoms with Gasteiger partial charge in [-0.15, -0.1) is 11.8 Å². The molecule has 5 heteroatoms. The number of hydrogen-bond acceptors (Lipinski definition) is 5. The highest BCUT2D eigenvalue weighted by atomic mass is 32.2. The Kier molecular flexibility index (Phi) is 6.67. The Morgan fingerprint density at radius 1 is 0.833 bits per heavy atom. The fourth-order valence-corrected chi connectivity index (χ4v) is 3.66. The molecule has 130 valence electrons. The molecule has 0 saturated carbocycles. The van der Waals surface area contributed by atoms with Crippen molar-refractivity contribution in [2.75, 3.05) is 28.4 Å². The van der Waals surface area contributed by atoms with Crippen LogP contribution in [-0.4, -0.2) is 28.4 Å². The third-order valence-electron chi connectivity index (χ3n) is 3.80. The molecule has 0 saturated heterocycles. The second-order valence-corrected chi connectivity index (χ2v) is 6.13. The molecule has 0 spiro atoms. The lowest BCUT2D eigenvalue weighted by Gasteiger charge is -2.18. The Bertz CT molecular complexity index is 668. The maximum atomic E-state index is 5.59. The molecule has 0 bridgehead atoms. The summed E-state index contributed by atoms with van der Waals surface area (Å²) in [5.74, 6) is 3.80. The molecule has 0 fully saturated rings. The third-order valence-corrected chi connectivity index (χ3v) is 4.95. The Hall–Kier alpha value is -2.01. The molecule has 4 nitrogen and oxygen atoms in total. The molecule has 0 aromatic heterocycles. The summed E-state index contributed by atoms with van der Waals surface area (Å²) >= 11 is 1.76. The van der Waals surface area contributed by atoms with Crippen LogP contribution in [0, 0.1) is 0 Å². The molecule has 0 aliphatic carbocycles. The van der Waals surface area contributed by atoms with Crippen LogP contribution < -0.4 is 18.9 Å². The van der Waals surface area contributed by atoms with Crippen LogP contribution >= 0.6 is 11.8 Å². The van der Waals surface area contributed by atoms with Crippen LogP contribution in [0.2, 0.25) is 0 Å². The van der Waals surface area contributed by atoms with Gasteiger partial charge in [0.25, 0.3) is 0 Å². The molecule has 2 aromatic rings. The van der Waals surface area contributed by atoms with Crippen LogP contribution in [0.4, 0.5) is 0 Å². The smallest absolute Gasteiger partial charge is 0.203 e. The van der Waals surface area contributed by atoms with Crippen LogP contribution in [-0.2, 0) is 12.2 Å². The molecule has 24 heavy (non-hydrogen) atoms. The van der Waals surface area contributed by atoms with E-state index in [-0.39, 0.29) is 0 Å². The third kappa shape index (κ3) is 3.90. The van der Waals surface area contributed by atoms with E-state index in [2.05, 4.69) is 19.1 Å². The van der Waals surface area contributed by atoms with Gasteiger partial charge in [0.15, 0.2) is 11.5 Å². The predicted molar refractivity (Wildman–Crippen MR) is 98.0 cm³/mol. The van der Waals surface area contributed by atoms with Gasteiger partial charge in [0, 0.05) is 16.2 Å². The Balaban J connectivity index is 2.30. The number of ether oxygens (including phenoxy) is 4. The van der Waals surface area contributed by atoms with E-state index in [1.165, 1.54) is 5.56 Å². The Morgan fingerprint density at radius 3 is 2.00 bits per heavy atom. The predicted octanol–water partition coefficient (Wildman–Crippen LogP) is 4.58. The quantitative estimate of drug-likeness (QED) is 0.653. The Morgan fingerprint density at radius 2 is 1.50 bits per heavy atom. The van der Waals surface area contributed by atoms with E-state index in [9.17, 15) is 0 Å². The van der Waals surface area contributed by atoms with Crippen molar-refractivity contribution in [3.8, 4) is 23.0 Å². The number of benzene rings is 2. The van der Waals surface area contributed by atoms with Gasteiger partial charge < -0.3 is 18.9 Å². The number of methoxy groups -OCH3 is 4. The van der Waals surface area contributed by atoms with E-state index in [0.29, 0.717) is 11.5 Å². The topological polar surface area (TPSA) is 36.9 Å². The largest absolute Gasteiger partial charge is 0.497 e. The first-order chi connectivity index (χ1) is 11.7. The van der Waals surface area contributed by atoms with E-state index in [4.69, 9.17) is 18.9 Å². The second kappa shape index (κ2) is 8.73. The van der Waals surface area contributed by atoms with Crippen molar-refractivity contribution in [3.05, 3.63) is 41.5 Å². The molecule has 0 heterocycles. The van der Waals surface area contributed by atoms with Crippen molar-refractivity contribution in [3.63, 3.8) is 0 Å². The van der Waals surface area contributed by atoms with Gasteiger partial charge in [-0.3, -0.25) is 0 Å². The van der Waals surface area contributed by atoms with Gasteiger partial charge in [-0.25, -0.2) is 0 Å². The van der Waals surface area contributed by atoms with Crippen LogP contribution in [0.1, 0.15) is 18.1 Å². The van der Waals surface area contributed by atoms with Gasteiger partial charge in [0.05, 0.1) is 28.4 Å². The monoisotopic (exact) mass is 348 g/mol. The lowest BCUT2D eigenvalue weighted by atomic mass is 10.1. The molecule has 2 aromatic carbocycles. The van der Waals surface area contributed by atoms with Crippen LogP contribution in [0.15, 0.2) is 35.2 Å². The molecule has 0 atom stereocenters. The maximum Gasteiger partial charge on any atom is 0.203 e. The van der Waals surface area contributed by atoms with E-state index < -0.39 is 0 Å². The number of rotatable bonds is 8. The van der Waals surface area contributed by atoms with E-state index in [1.54, 1.807) is 40.2 Å². The van der Waals surface area contributed by atoms with Crippen molar-refractivity contribution in [1.29, 1.82) is 0 Å². The highest BCUT2D eigenvalue weighted by molar-refractivity contribution is 7.98. The zero-order valence-electron chi connectivity index (χ0n) is 14.8. The minimum absolute atomic E-state index is 0.644. The maximum absolute atomic E-state index is 5.59. The zero-order chi connectivity index (χ0) is 17.5. The summed E-state index contributed by atoms with van der Waals surface area (Å²) in [6.45, 7) is 2.11. The normalized spacial score (nSPS) is 10.4. The summed E-state index contributed by atoms with van der Waals surface area (Å²) in [6.07, 6.45) is 0.856. The lowest BCUT2D eigenvalue weighted by molar-refractivity contribution is 0.320. The average molecular weight is 348 g/mol. The van der Waals surface area contributed by atoms with E-state index in [1.807, 2.05) is 18.2 Å². The fraction of sp³-hybridized carbons (Fsp3) is 0.368. The number of hydrogen-bond donors (Lipinski definition) is 0.